The van der Waals surface area contributed by atoms with Gasteiger partial charge in [0.15, 0.2) is 0 Å². The Kier molecular flexibility index (Phi) is 3.87. The summed E-state index contributed by atoms with van der Waals surface area (Å²) < 4.78 is 41.8. The molecule has 1 saturated carbocycles. The molecule has 5 nitrogen and oxygen atoms in total. The number of halogens is 3. The predicted molar refractivity (Wildman–Crippen MR) is 86.2 cm³/mol. The number of alkyl halides is 2. The van der Waals surface area contributed by atoms with Gasteiger partial charge in [0.2, 0.25) is 5.95 Å². The minimum atomic E-state index is -2.76. The van der Waals surface area contributed by atoms with Crippen LogP contribution in [0, 0.1) is 5.82 Å². The zero-order valence-electron chi connectivity index (χ0n) is 13.0. The molecular formula is C17H14F3N5. The number of aromatic nitrogens is 4. The third-order valence-corrected chi connectivity index (χ3v) is 3.93. The molecule has 1 aromatic carbocycles. The van der Waals surface area contributed by atoms with Crippen LogP contribution in [0.5, 0.6) is 0 Å². The molecule has 25 heavy (non-hydrogen) atoms. The SMILES string of the molecule is Fc1cccc(-c2nc(Nc3cnn(C4CC4)c3)ncc2C(F)F)c1. The molecule has 0 unspecified atom stereocenters. The molecule has 1 fully saturated rings. The van der Waals surface area contributed by atoms with Gasteiger partial charge in [0.05, 0.1) is 29.2 Å². The number of nitrogens with one attached hydrogen (secondary N) is 1. The van der Waals surface area contributed by atoms with Crippen molar-refractivity contribution in [3.63, 3.8) is 0 Å². The minimum Gasteiger partial charge on any atom is -0.321 e. The van der Waals surface area contributed by atoms with Crippen LogP contribution in [0.4, 0.5) is 24.8 Å². The average molecular weight is 345 g/mol. The van der Waals surface area contributed by atoms with Gasteiger partial charge in [0, 0.05) is 18.0 Å². The van der Waals surface area contributed by atoms with Crippen LogP contribution in [0.1, 0.15) is 30.9 Å². The van der Waals surface area contributed by atoms with Gasteiger partial charge in [-0.1, -0.05) is 12.1 Å². The molecule has 0 saturated heterocycles. The summed E-state index contributed by atoms with van der Waals surface area (Å²) in [7, 11) is 0. The third-order valence-electron chi connectivity index (χ3n) is 3.93. The molecule has 4 rings (SSSR count). The van der Waals surface area contributed by atoms with Gasteiger partial charge in [-0.15, -0.1) is 0 Å². The molecule has 1 N–H and O–H groups in total. The molecule has 0 atom stereocenters. The zero-order valence-corrected chi connectivity index (χ0v) is 13.0. The second-order valence-corrected chi connectivity index (χ2v) is 5.87. The van der Waals surface area contributed by atoms with E-state index in [9.17, 15) is 13.2 Å². The van der Waals surface area contributed by atoms with Crippen molar-refractivity contribution in [1.29, 1.82) is 0 Å². The van der Waals surface area contributed by atoms with E-state index in [0.717, 1.165) is 19.0 Å². The number of benzene rings is 1. The number of hydrogen-bond donors (Lipinski definition) is 1. The summed E-state index contributed by atoms with van der Waals surface area (Å²) >= 11 is 0. The second kappa shape index (κ2) is 6.19. The number of hydrogen-bond acceptors (Lipinski definition) is 4. The van der Waals surface area contributed by atoms with E-state index in [1.54, 1.807) is 6.20 Å². The highest BCUT2D eigenvalue weighted by Crippen LogP contribution is 2.35. The first kappa shape index (κ1) is 15.6. The number of anilines is 2. The third kappa shape index (κ3) is 3.33. The van der Waals surface area contributed by atoms with Crippen LogP contribution in [-0.2, 0) is 0 Å². The zero-order chi connectivity index (χ0) is 17.4. The Morgan fingerprint density at radius 3 is 2.76 bits per heavy atom. The Morgan fingerprint density at radius 2 is 2.04 bits per heavy atom. The van der Waals surface area contributed by atoms with Crippen molar-refractivity contribution >= 4 is 11.6 Å². The van der Waals surface area contributed by atoms with Crippen LogP contribution in [0.15, 0.2) is 42.9 Å². The molecule has 2 aromatic heterocycles. The summed E-state index contributed by atoms with van der Waals surface area (Å²) in [5.41, 5.74) is 0.600. The van der Waals surface area contributed by atoms with Gasteiger partial charge in [-0.3, -0.25) is 4.68 Å². The van der Waals surface area contributed by atoms with Gasteiger partial charge in [-0.2, -0.15) is 5.10 Å². The van der Waals surface area contributed by atoms with Crippen molar-refractivity contribution in [2.24, 2.45) is 0 Å². The van der Waals surface area contributed by atoms with Gasteiger partial charge in [-0.05, 0) is 25.0 Å². The van der Waals surface area contributed by atoms with Crippen molar-refractivity contribution in [2.75, 3.05) is 5.32 Å². The fourth-order valence-corrected chi connectivity index (χ4v) is 2.55. The van der Waals surface area contributed by atoms with Crippen molar-refractivity contribution in [2.45, 2.75) is 25.3 Å². The summed E-state index contributed by atoms with van der Waals surface area (Å²) in [6, 6.07) is 5.84. The molecule has 1 aliphatic carbocycles. The van der Waals surface area contributed by atoms with Crippen LogP contribution in [0.25, 0.3) is 11.3 Å². The molecule has 2 heterocycles. The van der Waals surface area contributed by atoms with Crippen molar-refractivity contribution in [1.82, 2.24) is 19.7 Å². The fourth-order valence-electron chi connectivity index (χ4n) is 2.55. The van der Waals surface area contributed by atoms with Gasteiger partial charge in [0.1, 0.15) is 5.82 Å². The molecule has 0 spiro atoms. The molecule has 0 radical (unpaired) electrons. The van der Waals surface area contributed by atoms with Crippen molar-refractivity contribution in [3.8, 4) is 11.3 Å². The van der Waals surface area contributed by atoms with Gasteiger partial charge >= 0.3 is 0 Å². The van der Waals surface area contributed by atoms with E-state index < -0.39 is 12.2 Å². The van der Waals surface area contributed by atoms with Gasteiger partial charge < -0.3 is 5.32 Å². The van der Waals surface area contributed by atoms with Gasteiger partial charge in [-0.25, -0.2) is 23.1 Å². The lowest BCUT2D eigenvalue weighted by atomic mass is 10.1. The normalized spacial score (nSPS) is 14.1. The van der Waals surface area contributed by atoms with Crippen LogP contribution in [-0.4, -0.2) is 19.7 Å². The maximum absolute atomic E-state index is 13.5. The van der Waals surface area contributed by atoms with E-state index in [1.807, 2.05) is 10.9 Å². The summed E-state index contributed by atoms with van der Waals surface area (Å²) in [5.74, 6) is -0.365. The molecule has 3 aromatic rings. The van der Waals surface area contributed by atoms with Crippen molar-refractivity contribution in [3.05, 3.63) is 54.2 Å². The minimum absolute atomic E-state index is 0.00147. The van der Waals surface area contributed by atoms with Crippen LogP contribution >= 0.6 is 0 Å². The Labute approximate surface area is 141 Å². The standard InChI is InChI=1S/C17H14F3N5/c18-11-3-1-2-10(6-11)15-14(16(19)20)8-21-17(24-15)23-12-7-22-25(9-12)13-4-5-13/h1-3,6-9,13,16H,4-5H2,(H,21,23,24). The quantitative estimate of drug-likeness (QED) is 0.740. The lowest BCUT2D eigenvalue weighted by Gasteiger charge is -2.10. The van der Waals surface area contributed by atoms with Crippen LogP contribution in [0.3, 0.4) is 0 Å². The highest BCUT2D eigenvalue weighted by molar-refractivity contribution is 5.65. The number of rotatable bonds is 5. The highest BCUT2D eigenvalue weighted by atomic mass is 19.3. The van der Waals surface area contributed by atoms with E-state index in [2.05, 4.69) is 20.4 Å². The van der Waals surface area contributed by atoms with Gasteiger partial charge in [0.25, 0.3) is 6.43 Å². The van der Waals surface area contributed by atoms with Crippen LogP contribution < -0.4 is 5.32 Å². The maximum atomic E-state index is 13.5. The summed E-state index contributed by atoms with van der Waals surface area (Å²) in [5, 5.41) is 7.20. The molecule has 0 aliphatic heterocycles. The number of nitrogens with zero attached hydrogens (tertiary/aromatic N) is 4. The summed E-state index contributed by atoms with van der Waals surface area (Å²) in [4.78, 5) is 8.10. The summed E-state index contributed by atoms with van der Waals surface area (Å²) in [6.07, 6.45) is 3.96. The smallest absolute Gasteiger partial charge is 0.267 e. The molecule has 1 aliphatic rings. The molecule has 128 valence electrons. The maximum Gasteiger partial charge on any atom is 0.267 e. The van der Waals surface area contributed by atoms with E-state index in [4.69, 9.17) is 0 Å². The largest absolute Gasteiger partial charge is 0.321 e. The Hall–Kier alpha value is -2.90. The Balaban J connectivity index is 1.67. The van der Waals surface area contributed by atoms with Crippen molar-refractivity contribution < 1.29 is 13.2 Å². The molecule has 0 bridgehead atoms. The van der Waals surface area contributed by atoms with E-state index in [0.29, 0.717) is 11.7 Å². The average Bonchev–Trinajstić information content (AvgIpc) is 3.34. The van der Waals surface area contributed by atoms with E-state index in [1.165, 1.54) is 24.3 Å². The van der Waals surface area contributed by atoms with Crippen LogP contribution in [0.2, 0.25) is 0 Å². The monoisotopic (exact) mass is 345 g/mol. The molecule has 0 amide bonds. The first-order chi connectivity index (χ1) is 12.1. The van der Waals surface area contributed by atoms with E-state index in [-0.39, 0.29) is 22.8 Å². The molecular weight excluding hydrogens is 331 g/mol. The first-order valence-corrected chi connectivity index (χ1v) is 7.82. The first-order valence-electron chi connectivity index (χ1n) is 7.82. The second-order valence-electron chi connectivity index (χ2n) is 5.87. The topological polar surface area (TPSA) is 55.6 Å². The fraction of sp³-hybridized carbons (Fsp3) is 0.235. The molecule has 8 heteroatoms. The lowest BCUT2D eigenvalue weighted by Crippen LogP contribution is -2.02. The highest BCUT2D eigenvalue weighted by Gasteiger charge is 2.24. The Bertz CT molecular complexity index is 905. The summed E-state index contributed by atoms with van der Waals surface area (Å²) in [6.45, 7) is 0. The Morgan fingerprint density at radius 1 is 1.20 bits per heavy atom. The van der Waals surface area contributed by atoms with E-state index >= 15 is 0 Å². The lowest BCUT2D eigenvalue weighted by molar-refractivity contribution is 0.151. The predicted octanol–water partition coefficient (Wildman–Crippen LogP) is 4.50.